The van der Waals surface area contributed by atoms with Crippen LogP contribution >= 0.6 is 11.8 Å². The molecule has 0 spiro atoms. The monoisotopic (exact) mass is 433 g/mol. The molecule has 0 radical (unpaired) electrons. The van der Waals surface area contributed by atoms with Gasteiger partial charge in [0.1, 0.15) is 5.03 Å². The molecule has 8 heteroatoms. The summed E-state index contributed by atoms with van der Waals surface area (Å²) in [6.07, 6.45) is -3.06. The van der Waals surface area contributed by atoms with E-state index in [1.54, 1.807) is 25.1 Å². The molecule has 158 valence electrons. The number of para-hydroxylation sites is 1. The number of nitrogens with zero attached hydrogens (tertiary/aromatic N) is 2. The van der Waals surface area contributed by atoms with Gasteiger partial charge in [0.25, 0.3) is 0 Å². The van der Waals surface area contributed by atoms with Crippen molar-refractivity contribution in [2.45, 2.75) is 49.2 Å². The predicted octanol–water partition coefficient (Wildman–Crippen LogP) is 5.27. The van der Waals surface area contributed by atoms with Crippen molar-refractivity contribution in [1.82, 2.24) is 15.3 Å². The van der Waals surface area contributed by atoms with Gasteiger partial charge in [-0.1, -0.05) is 60.3 Å². The van der Waals surface area contributed by atoms with Gasteiger partial charge >= 0.3 is 6.18 Å². The van der Waals surface area contributed by atoms with Crippen molar-refractivity contribution >= 4 is 28.6 Å². The van der Waals surface area contributed by atoms with E-state index in [9.17, 15) is 18.0 Å². The van der Waals surface area contributed by atoms with Gasteiger partial charge in [0.05, 0.1) is 10.8 Å². The minimum Gasteiger partial charge on any atom is -0.353 e. The third kappa shape index (κ3) is 5.72. The summed E-state index contributed by atoms with van der Waals surface area (Å²) >= 11 is 1.00. The molecular weight excluding hydrogens is 411 g/mol. The molecule has 1 aromatic heterocycles. The zero-order chi connectivity index (χ0) is 21.7. The van der Waals surface area contributed by atoms with E-state index < -0.39 is 17.3 Å². The van der Waals surface area contributed by atoms with Crippen LogP contribution < -0.4 is 5.32 Å². The lowest BCUT2D eigenvalue weighted by atomic mass is 10.1. The molecule has 0 aliphatic heterocycles. The lowest BCUT2D eigenvalue weighted by Gasteiger charge is -2.18. The lowest BCUT2D eigenvalue weighted by molar-refractivity contribution is -0.145. The van der Waals surface area contributed by atoms with Crippen LogP contribution in [-0.2, 0) is 17.4 Å². The fraction of sp³-hybridized carbons (Fsp3) is 0.318. The van der Waals surface area contributed by atoms with E-state index >= 15 is 0 Å². The first-order valence-corrected chi connectivity index (χ1v) is 10.5. The fourth-order valence-corrected chi connectivity index (χ4v) is 3.89. The van der Waals surface area contributed by atoms with Crippen LogP contribution in [0.4, 0.5) is 13.2 Å². The quantitative estimate of drug-likeness (QED) is 0.408. The van der Waals surface area contributed by atoms with Crippen molar-refractivity contribution in [2.75, 3.05) is 0 Å². The first-order chi connectivity index (χ1) is 14.2. The molecule has 3 rings (SSSR count). The Hall–Kier alpha value is -2.61. The summed E-state index contributed by atoms with van der Waals surface area (Å²) in [7, 11) is 0. The molecule has 1 N–H and O–H groups in total. The van der Waals surface area contributed by atoms with Gasteiger partial charge in [-0.2, -0.15) is 13.2 Å². The van der Waals surface area contributed by atoms with Crippen LogP contribution in [-0.4, -0.2) is 27.2 Å². The molecule has 0 unspecified atom stereocenters. The minimum atomic E-state index is -4.66. The molecule has 0 aliphatic carbocycles. The topological polar surface area (TPSA) is 54.9 Å². The van der Waals surface area contributed by atoms with E-state index in [2.05, 4.69) is 15.3 Å². The lowest BCUT2D eigenvalue weighted by Crippen LogP contribution is -2.37. The number of amides is 1. The zero-order valence-electron chi connectivity index (χ0n) is 16.6. The molecule has 0 fully saturated rings. The van der Waals surface area contributed by atoms with Crippen molar-refractivity contribution in [1.29, 1.82) is 0 Å². The highest BCUT2D eigenvalue weighted by Crippen LogP contribution is 2.33. The Morgan fingerprint density at radius 1 is 1.03 bits per heavy atom. The number of aromatic nitrogens is 2. The number of fused-ring (bicyclic) bond motifs is 1. The molecular formula is C22H22F3N3OS. The maximum atomic E-state index is 13.2. The average Bonchev–Trinajstić information content (AvgIpc) is 2.72. The van der Waals surface area contributed by atoms with Gasteiger partial charge in [0.2, 0.25) is 11.7 Å². The number of benzene rings is 2. The molecule has 2 aromatic carbocycles. The molecule has 1 heterocycles. The summed E-state index contributed by atoms with van der Waals surface area (Å²) in [5, 5.41) is 2.97. The van der Waals surface area contributed by atoms with Crippen LogP contribution in [0.3, 0.4) is 0 Å². The Morgan fingerprint density at radius 2 is 1.70 bits per heavy atom. The van der Waals surface area contributed by atoms with Crippen molar-refractivity contribution in [3.05, 3.63) is 66.0 Å². The minimum absolute atomic E-state index is 0.0614. The number of aryl methyl sites for hydroxylation is 1. The normalized spacial score (nSPS) is 13.8. The third-order valence-electron chi connectivity index (χ3n) is 4.58. The van der Waals surface area contributed by atoms with Crippen LogP contribution in [0, 0.1) is 0 Å². The van der Waals surface area contributed by atoms with Gasteiger partial charge in [-0.05, 0) is 38.3 Å². The molecule has 1 amide bonds. The highest BCUT2D eigenvalue weighted by Gasteiger charge is 2.36. The fourth-order valence-electron chi connectivity index (χ4n) is 2.95. The summed E-state index contributed by atoms with van der Waals surface area (Å²) in [5.41, 5.74) is 1.39. The van der Waals surface area contributed by atoms with E-state index in [4.69, 9.17) is 0 Å². The second-order valence-electron chi connectivity index (χ2n) is 7.06. The van der Waals surface area contributed by atoms with Crippen LogP contribution in [0.1, 0.15) is 31.7 Å². The summed E-state index contributed by atoms with van der Waals surface area (Å²) in [4.78, 5) is 19.9. The largest absolute Gasteiger partial charge is 0.451 e. The molecule has 0 saturated heterocycles. The Morgan fingerprint density at radius 3 is 2.40 bits per heavy atom. The molecule has 0 saturated carbocycles. The van der Waals surface area contributed by atoms with Gasteiger partial charge in [-0.3, -0.25) is 4.79 Å². The highest BCUT2D eigenvalue weighted by atomic mass is 32.2. The summed E-state index contributed by atoms with van der Waals surface area (Å²) in [6.45, 7) is 3.58. The molecule has 30 heavy (non-hydrogen) atoms. The average molecular weight is 433 g/mol. The standard InChI is InChI=1S/C22H22F3N3OS/c1-14(12-13-16-8-4-3-5-9-16)26-19(29)15(2)30-20-17-10-6-7-11-18(17)27-21(28-20)22(23,24)25/h3-11,14-15H,12-13H2,1-2H3,(H,26,29)/t14-,15+/m1/s1. The van der Waals surface area contributed by atoms with Crippen molar-refractivity contribution in [3.63, 3.8) is 0 Å². The Kier molecular flexibility index (Phi) is 6.97. The highest BCUT2D eigenvalue weighted by molar-refractivity contribution is 8.00. The molecule has 0 aliphatic rings. The summed E-state index contributed by atoms with van der Waals surface area (Å²) < 4.78 is 39.5. The van der Waals surface area contributed by atoms with Crippen molar-refractivity contribution in [2.24, 2.45) is 0 Å². The number of thioether (sulfide) groups is 1. The van der Waals surface area contributed by atoms with Gasteiger partial charge in [0, 0.05) is 11.4 Å². The zero-order valence-corrected chi connectivity index (χ0v) is 17.4. The van der Waals surface area contributed by atoms with Crippen molar-refractivity contribution in [3.8, 4) is 0 Å². The number of hydrogen-bond acceptors (Lipinski definition) is 4. The number of alkyl halides is 3. The van der Waals surface area contributed by atoms with E-state index in [1.807, 2.05) is 37.3 Å². The van der Waals surface area contributed by atoms with Crippen LogP contribution in [0.15, 0.2) is 59.6 Å². The Balaban J connectivity index is 1.68. The van der Waals surface area contributed by atoms with E-state index in [1.165, 1.54) is 11.6 Å². The van der Waals surface area contributed by atoms with E-state index in [0.29, 0.717) is 5.39 Å². The second kappa shape index (κ2) is 9.47. The third-order valence-corrected chi connectivity index (χ3v) is 5.68. The molecule has 0 bridgehead atoms. The number of carbonyl (C=O) groups is 1. The van der Waals surface area contributed by atoms with Crippen LogP contribution in [0.25, 0.3) is 10.9 Å². The van der Waals surface area contributed by atoms with Gasteiger partial charge in [-0.25, -0.2) is 9.97 Å². The summed E-state index contributed by atoms with van der Waals surface area (Å²) in [5.74, 6) is -1.44. The SMILES string of the molecule is C[C@H](CCc1ccccc1)NC(=O)[C@H](C)Sc1nc(C(F)(F)F)nc2ccccc12. The first kappa shape index (κ1) is 22.1. The smallest absolute Gasteiger partial charge is 0.353 e. The van der Waals surface area contributed by atoms with Crippen LogP contribution in [0.5, 0.6) is 0 Å². The Bertz CT molecular complexity index is 1010. The summed E-state index contributed by atoms with van der Waals surface area (Å²) in [6, 6.07) is 16.4. The Labute approximate surface area is 177 Å². The predicted molar refractivity (Wildman–Crippen MR) is 112 cm³/mol. The number of nitrogens with one attached hydrogen (secondary N) is 1. The molecule has 4 nitrogen and oxygen atoms in total. The van der Waals surface area contributed by atoms with Gasteiger partial charge in [0.15, 0.2) is 0 Å². The maximum absolute atomic E-state index is 13.2. The van der Waals surface area contributed by atoms with E-state index in [0.717, 1.165) is 24.6 Å². The van der Waals surface area contributed by atoms with Gasteiger partial charge in [-0.15, -0.1) is 0 Å². The second-order valence-corrected chi connectivity index (χ2v) is 8.39. The number of hydrogen-bond donors (Lipinski definition) is 1. The maximum Gasteiger partial charge on any atom is 0.451 e. The van der Waals surface area contributed by atoms with Crippen molar-refractivity contribution < 1.29 is 18.0 Å². The van der Waals surface area contributed by atoms with Gasteiger partial charge < -0.3 is 5.32 Å². The first-order valence-electron chi connectivity index (χ1n) is 9.59. The number of halogens is 3. The molecule has 2 atom stereocenters. The number of rotatable bonds is 7. The molecule has 3 aromatic rings. The van der Waals surface area contributed by atoms with E-state index in [-0.39, 0.29) is 22.5 Å². The number of carbonyl (C=O) groups excluding carboxylic acids is 1. The van der Waals surface area contributed by atoms with Crippen LogP contribution in [0.2, 0.25) is 0 Å².